The highest BCUT2D eigenvalue weighted by atomic mass is 16.6. The maximum atomic E-state index is 13.9. The summed E-state index contributed by atoms with van der Waals surface area (Å²) in [7, 11) is 3.57. The maximum Gasteiger partial charge on any atom is 0.253 e. The van der Waals surface area contributed by atoms with Crippen molar-refractivity contribution in [1.29, 1.82) is 0 Å². The van der Waals surface area contributed by atoms with E-state index in [2.05, 4.69) is 45.6 Å². The van der Waals surface area contributed by atoms with Gasteiger partial charge in [-0.15, -0.1) is 0 Å². The molecule has 3 aliphatic heterocycles. The predicted molar refractivity (Wildman–Crippen MR) is 165 cm³/mol. The van der Waals surface area contributed by atoms with E-state index in [1.165, 1.54) is 0 Å². The maximum absolute atomic E-state index is 13.9. The van der Waals surface area contributed by atoms with Gasteiger partial charge in [0.05, 0.1) is 33.7 Å². The van der Waals surface area contributed by atoms with E-state index in [-0.39, 0.29) is 17.9 Å². The lowest BCUT2D eigenvalue weighted by atomic mass is 9.91. The third-order valence-electron chi connectivity index (χ3n) is 10.0. The van der Waals surface area contributed by atoms with Gasteiger partial charge < -0.3 is 28.8 Å². The molecular weight excluding hydrogens is 540 g/mol. The van der Waals surface area contributed by atoms with Crippen LogP contribution in [0.2, 0.25) is 0 Å². The van der Waals surface area contributed by atoms with Crippen LogP contribution in [0.15, 0.2) is 78.9 Å². The average molecular weight is 571 g/mol. The number of hydrogen-bond donors (Lipinski definition) is 1. The molecule has 214 valence electrons. The second-order valence-corrected chi connectivity index (χ2v) is 12.1. The smallest absolute Gasteiger partial charge is 0.253 e. The molecule has 2 amide bonds. The van der Waals surface area contributed by atoms with Gasteiger partial charge in [-0.25, -0.2) is 0 Å². The van der Waals surface area contributed by atoms with E-state index in [0.717, 1.165) is 54.7 Å². The molecule has 4 atom stereocenters. The summed E-state index contributed by atoms with van der Waals surface area (Å²) in [6, 6.07) is 25.7. The Balaban J connectivity index is 1.43. The number of aromatic nitrogens is 2. The molecule has 1 fully saturated rings. The van der Waals surface area contributed by atoms with Crippen molar-refractivity contribution in [3.05, 3.63) is 95.6 Å². The van der Waals surface area contributed by atoms with Crippen LogP contribution in [0, 0.1) is 0 Å². The van der Waals surface area contributed by atoms with Crippen LogP contribution >= 0.6 is 0 Å². The van der Waals surface area contributed by atoms with Crippen molar-refractivity contribution in [2.24, 2.45) is 0 Å². The molecule has 8 nitrogen and oxygen atoms in total. The van der Waals surface area contributed by atoms with E-state index in [4.69, 9.17) is 9.47 Å². The molecule has 2 bridgehead atoms. The number of rotatable bonds is 3. The number of para-hydroxylation sites is 2. The van der Waals surface area contributed by atoms with Gasteiger partial charge in [0.15, 0.2) is 5.72 Å². The second kappa shape index (κ2) is 8.46. The van der Waals surface area contributed by atoms with Crippen LogP contribution in [-0.2, 0) is 21.7 Å². The van der Waals surface area contributed by atoms with Gasteiger partial charge in [0.1, 0.15) is 12.3 Å². The number of carbonyl (C=O) groups is 2. The SMILES string of the molecule is COC1C(N(C)C(=O)c2ccccc2)CC2O[C@]1(C)n1c3ccccc3c3c4c(c5c6ccccc6n2c5c31)C(=O)NC4. The molecule has 0 radical (unpaired) electrons. The number of likely N-dealkylation sites (N-methyl/N-ethyl adjacent to an activating group) is 1. The van der Waals surface area contributed by atoms with Gasteiger partial charge in [-0.05, 0) is 36.8 Å². The monoisotopic (exact) mass is 570 g/mol. The molecule has 3 aliphatic rings. The van der Waals surface area contributed by atoms with Crippen molar-refractivity contribution in [2.45, 2.75) is 44.0 Å². The zero-order valence-electron chi connectivity index (χ0n) is 24.1. The molecule has 8 heteroatoms. The molecule has 5 heterocycles. The summed E-state index contributed by atoms with van der Waals surface area (Å²) in [5.74, 6) is -0.107. The summed E-state index contributed by atoms with van der Waals surface area (Å²) in [5, 5.41) is 7.24. The highest BCUT2D eigenvalue weighted by molar-refractivity contribution is 6.31. The Morgan fingerprint density at radius 1 is 0.953 bits per heavy atom. The first-order chi connectivity index (χ1) is 20.9. The number of amides is 2. The van der Waals surface area contributed by atoms with Crippen molar-refractivity contribution >= 4 is 55.4 Å². The van der Waals surface area contributed by atoms with Gasteiger partial charge in [0, 0.05) is 54.2 Å². The highest BCUT2D eigenvalue weighted by Crippen LogP contribution is 2.54. The van der Waals surface area contributed by atoms with Crippen molar-refractivity contribution in [3.8, 4) is 0 Å². The number of nitrogens with one attached hydrogen (secondary N) is 1. The number of methoxy groups -OCH3 is 1. The first-order valence-electron chi connectivity index (χ1n) is 14.8. The molecule has 0 spiro atoms. The van der Waals surface area contributed by atoms with Crippen molar-refractivity contribution in [2.75, 3.05) is 14.2 Å². The summed E-state index contributed by atoms with van der Waals surface area (Å²) in [6.45, 7) is 2.56. The van der Waals surface area contributed by atoms with Crippen molar-refractivity contribution in [3.63, 3.8) is 0 Å². The van der Waals surface area contributed by atoms with Crippen molar-refractivity contribution < 1.29 is 19.1 Å². The number of hydrogen-bond acceptors (Lipinski definition) is 4. The predicted octanol–water partition coefficient (Wildman–Crippen LogP) is 5.91. The molecule has 9 rings (SSSR count). The summed E-state index contributed by atoms with van der Waals surface area (Å²) in [5.41, 5.74) is 5.46. The fraction of sp³-hybridized carbons (Fsp3) is 0.257. The van der Waals surface area contributed by atoms with E-state index >= 15 is 0 Å². The normalized spacial score (nSPS) is 24.2. The zero-order valence-corrected chi connectivity index (χ0v) is 24.1. The molecule has 4 aromatic carbocycles. The van der Waals surface area contributed by atoms with Gasteiger partial charge in [0.2, 0.25) is 0 Å². The molecule has 43 heavy (non-hydrogen) atoms. The molecular formula is C35H30N4O4. The number of fused-ring (bicyclic) bond motifs is 13. The van der Waals surface area contributed by atoms with Gasteiger partial charge >= 0.3 is 0 Å². The van der Waals surface area contributed by atoms with Gasteiger partial charge in [-0.3, -0.25) is 9.59 Å². The summed E-state index contributed by atoms with van der Waals surface area (Å²) in [6.07, 6.45) is -0.386. The van der Waals surface area contributed by atoms with Crippen LogP contribution in [0.25, 0.3) is 43.6 Å². The van der Waals surface area contributed by atoms with E-state index in [1.54, 1.807) is 7.11 Å². The summed E-state index contributed by atoms with van der Waals surface area (Å²) in [4.78, 5) is 29.2. The standard InChI is InChI=1S/C35H30N4O4/c1-35-32(42-3)25(37(2)34(41)19-11-5-4-6-12-19)17-26(43-35)38-23-15-9-7-13-20(23)28-29-22(18-36-33(29)40)27-21-14-8-10-16-24(21)39(35)31(27)30(28)38/h4-16,25-26,32H,17-18H2,1-3H3,(H,36,40)/t25?,26?,32?,35-/m0/s1. The van der Waals surface area contributed by atoms with Crippen LogP contribution in [-0.4, -0.2) is 52.2 Å². The number of benzene rings is 4. The minimum absolute atomic E-state index is 0.0446. The van der Waals surface area contributed by atoms with Gasteiger partial charge in [-0.2, -0.15) is 0 Å². The quantitative estimate of drug-likeness (QED) is 0.287. The first-order valence-corrected chi connectivity index (χ1v) is 14.8. The highest BCUT2D eigenvalue weighted by Gasteiger charge is 2.55. The third-order valence-corrected chi connectivity index (χ3v) is 10.0. The minimum Gasteiger partial charge on any atom is -0.374 e. The lowest BCUT2D eigenvalue weighted by molar-refractivity contribution is -0.264. The molecule has 1 saturated heterocycles. The Kier molecular flexibility index (Phi) is 4.90. The number of carbonyl (C=O) groups excluding carboxylic acids is 2. The molecule has 3 unspecified atom stereocenters. The van der Waals surface area contributed by atoms with Crippen LogP contribution in [0.1, 0.15) is 45.9 Å². The molecule has 0 saturated carbocycles. The zero-order chi connectivity index (χ0) is 29.2. The first kappa shape index (κ1) is 24.9. The fourth-order valence-corrected chi connectivity index (χ4v) is 8.33. The summed E-state index contributed by atoms with van der Waals surface area (Å²) >= 11 is 0. The Labute approximate surface area is 247 Å². The Morgan fingerprint density at radius 2 is 1.63 bits per heavy atom. The van der Waals surface area contributed by atoms with Crippen LogP contribution in [0.5, 0.6) is 0 Å². The Hall–Kier alpha value is -4.66. The average Bonchev–Trinajstić information content (AvgIpc) is 3.68. The largest absolute Gasteiger partial charge is 0.374 e. The van der Waals surface area contributed by atoms with E-state index in [1.807, 2.05) is 66.5 Å². The fourth-order valence-electron chi connectivity index (χ4n) is 8.33. The van der Waals surface area contributed by atoms with Crippen LogP contribution in [0.3, 0.4) is 0 Å². The second-order valence-electron chi connectivity index (χ2n) is 12.1. The Morgan fingerprint density at radius 3 is 2.37 bits per heavy atom. The van der Waals surface area contributed by atoms with E-state index < -0.39 is 18.1 Å². The molecule has 6 aromatic rings. The van der Waals surface area contributed by atoms with E-state index in [0.29, 0.717) is 18.5 Å². The minimum atomic E-state index is -0.980. The number of ether oxygens (including phenoxy) is 2. The van der Waals surface area contributed by atoms with Gasteiger partial charge in [-0.1, -0.05) is 54.6 Å². The van der Waals surface area contributed by atoms with Crippen LogP contribution in [0.4, 0.5) is 0 Å². The Bertz CT molecular complexity index is 2180. The van der Waals surface area contributed by atoms with Crippen LogP contribution < -0.4 is 5.32 Å². The molecule has 1 N–H and O–H groups in total. The molecule has 0 aliphatic carbocycles. The van der Waals surface area contributed by atoms with E-state index in [9.17, 15) is 9.59 Å². The number of nitrogens with zero attached hydrogens (tertiary/aromatic N) is 3. The topological polar surface area (TPSA) is 77.7 Å². The lowest BCUT2D eigenvalue weighted by Crippen LogP contribution is -2.61. The molecule has 2 aromatic heterocycles. The summed E-state index contributed by atoms with van der Waals surface area (Å²) < 4.78 is 18.1. The lowest BCUT2D eigenvalue weighted by Gasteiger charge is -2.50. The van der Waals surface area contributed by atoms with Crippen molar-refractivity contribution in [1.82, 2.24) is 19.4 Å². The van der Waals surface area contributed by atoms with Gasteiger partial charge in [0.25, 0.3) is 11.8 Å². The third kappa shape index (κ3) is 2.97.